The summed E-state index contributed by atoms with van der Waals surface area (Å²) in [6.07, 6.45) is 4.36. The maximum Gasteiger partial charge on any atom is 0.261 e. The number of hydrogen-bond acceptors (Lipinski definition) is 4. The zero-order valence-electron chi connectivity index (χ0n) is 13.2. The van der Waals surface area contributed by atoms with Gasteiger partial charge in [0.1, 0.15) is 10.6 Å². The second-order valence-corrected chi connectivity index (χ2v) is 6.29. The molecule has 122 valence electrons. The van der Waals surface area contributed by atoms with E-state index in [2.05, 4.69) is 16.9 Å². The second-order valence-electron chi connectivity index (χ2n) is 5.26. The third kappa shape index (κ3) is 4.00. The lowest BCUT2D eigenvalue weighted by Gasteiger charge is -2.08. The van der Waals surface area contributed by atoms with Gasteiger partial charge in [0.25, 0.3) is 5.91 Å². The van der Waals surface area contributed by atoms with E-state index >= 15 is 0 Å². The van der Waals surface area contributed by atoms with E-state index in [4.69, 9.17) is 4.74 Å². The molecule has 0 bridgehead atoms. The predicted octanol–water partition coefficient (Wildman–Crippen LogP) is 4.18. The number of aromatic nitrogens is 1. The molecule has 0 radical (unpaired) electrons. The highest BCUT2D eigenvalue weighted by molar-refractivity contribution is 7.20. The molecule has 3 rings (SSSR count). The van der Waals surface area contributed by atoms with Gasteiger partial charge in [-0.15, -0.1) is 17.9 Å². The van der Waals surface area contributed by atoms with E-state index in [9.17, 15) is 4.79 Å². The number of nitrogens with zero attached hydrogens (tertiary/aromatic N) is 1. The van der Waals surface area contributed by atoms with Gasteiger partial charge in [0.05, 0.1) is 11.5 Å². The van der Waals surface area contributed by atoms with Crippen LogP contribution in [0.3, 0.4) is 0 Å². The Hall–Kier alpha value is -2.66. The Bertz CT molecular complexity index is 824. The fraction of sp³-hybridized carbons (Fsp3) is 0.158. The average Bonchev–Trinajstić information content (AvgIpc) is 3.04. The van der Waals surface area contributed by atoms with Gasteiger partial charge in [-0.05, 0) is 36.2 Å². The van der Waals surface area contributed by atoms with Gasteiger partial charge < -0.3 is 10.1 Å². The molecule has 0 saturated carbocycles. The van der Waals surface area contributed by atoms with Gasteiger partial charge in [-0.3, -0.25) is 4.79 Å². The number of rotatable bonds is 7. The van der Waals surface area contributed by atoms with Gasteiger partial charge in [-0.25, -0.2) is 4.98 Å². The molecule has 1 aromatic carbocycles. The van der Waals surface area contributed by atoms with Crippen molar-refractivity contribution in [3.63, 3.8) is 0 Å². The first kappa shape index (κ1) is 16.2. The van der Waals surface area contributed by atoms with Crippen LogP contribution in [0.5, 0.6) is 5.75 Å². The Morgan fingerprint density at radius 2 is 2.21 bits per heavy atom. The van der Waals surface area contributed by atoms with Crippen LogP contribution in [0, 0.1) is 0 Å². The average molecular weight is 338 g/mol. The highest BCUT2D eigenvalue weighted by atomic mass is 32.1. The van der Waals surface area contributed by atoms with Crippen molar-refractivity contribution in [3.8, 4) is 5.75 Å². The summed E-state index contributed by atoms with van der Waals surface area (Å²) in [5.74, 6) is 0.714. The van der Waals surface area contributed by atoms with E-state index in [0.717, 1.165) is 28.0 Å². The van der Waals surface area contributed by atoms with Gasteiger partial charge in [0, 0.05) is 18.1 Å². The van der Waals surface area contributed by atoms with Crippen LogP contribution in [0.2, 0.25) is 0 Å². The second kappa shape index (κ2) is 7.75. The lowest BCUT2D eigenvalue weighted by Crippen LogP contribution is -2.21. The summed E-state index contributed by atoms with van der Waals surface area (Å²) in [5.41, 5.74) is 0.999. The number of fused-ring (bicyclic) bond motifs is 1. The maximum absolute atomic E-state index is 12.3. The summed E-state index contributed by atoms with van der Waals surface area (Å²) in [7, 11) is 0. The van der Waals surface area contributed by atoms with E-state index in [1.807, 2.05) is 48.5 Å². The quantitative estimate of drug-likeness (QED) is 0.519. The maximum atomic E-state index is 12.3. The molecule has 1 amide bonds. The molecular weight excluding hydrogens is 320 g/mol. The zero-order valence-corrected chi connectivity index (χ0v) is 14.0. The van der Waals surface area contributed by atoms with E-state index in [0.29, 0.717) is 18.0 Å². The van der Waals surface area contributed by atoms with Crippen molar-refractivity contribution in [1.82, 2.24) is 10.3 Å². The number of carbonyl (C=O) groups is 1. The van der Waals surface area contributed by atoms with Crippen LogP contribution in [0.4, 0.5) is 0 Å². The standard InChI is InChI=1S/C19H18N2O2S/c1-2-3-10-23-16-8-4-6-14(11-16)13-21-18(22)17-12-15-7-5-9-20-19(15)24-17/h2,4-9,11-12H,1,3,10,13H2,(H,21,22). The largest absolute Gasteiger partial charge is 0.493 e. The Balaban J connectivity index is 1.61. The van der Waals surface area contributed by atoms with Crippen molar-refractivity contribution < 1.29 is 9.53 Å². The Morgan fingerprint density at radius 3 is 3.04 bits per heavy atom. The van der Waals surface area contributed by atoms with Crippen LogP contribution < -0.4 is 10.1 Å². The monoisotopic (exact) mass is 338 g/mol. The van der Waals surface area contributed by atoms with E-state index in [1.165, 1.54) is 11.3 Å². The highest BCUT2D eigenvalue weighted by Gasteiger charge is 2.10. The Labute approximate surface area is 144 Å². The smallest absolute Gasteiger partial charge is 0.261 e. The van der Waals surface area contributed by atoms with Crippen LogP contribution >= 0.6 is 11.3 Å². The van der Waals surface area contributed by atoms with Gasteiger partial charge in [-0.1, -0.05) is 24.3 Å². The van der Waals surface area contributed by atoms with Gasteiger partial charge in [0.15, 0.2) is 0 Å². The van der Waals surface area contributed by atoms with Crippen LogP contribution in [0.1, 0.15) is 21.7 Å². The van der Waals surface area contributed by atoms with E-state index < -0.39 is 0 Å². The van der Waals surface area contributed by atoms with E-state index in [1.54, 1.807) is 6.20 Å². The van der Waals surface area contributed by atoms with Crippen molar-refractivity contribution in [1.29, 1.82) is 0 Å². The molecule has 0 fully saturated rings. The molecule has 24 heavy (non-hydrogen) atoms. The molecule has 3 aromatic rings. The number of benzene rings is 1. The minimum atomic E-state index is -0.0871. The van der Waals surface area contributed by atoms with Crippen LogP contribution in [-0.4, -0.2) is 17.5 Å². The summed E-state index contributed by atoms with van der Waals surface area (Å²) >= 11 is 1.40. The van der Waals surface area contributed by atoms with E-state index in [-0.39, 0.29) is 5.91 Å². The number of nitrogens with one attached hydrogen (secondary N) is 1. The third-order valence-electron chi connectivity index (χ3n) is 3.46. The number of pyridine rings is 1. The summed E-state index contributed by atoms with van der Waals surface area (Å²) in [4.78, 5) is 18.1. The Kier molecular flexibility index (Phi) is 5.23. The van der Waals surface area contributed by atoms with Crippen molar-refractivity contribution in [3.05, 3.63) is 71.8 Å². The highest BCUT2D eigenvalue weighted by Crippen LogP contribution is 2.23. The molecular formula is C19H18N2O2S. The molecule has 1 N–H and O–H groups in total. The van der Waals surface area contributed by atoms with Gasteiger partial charge in [0.2, 0.25) is 0 Å². The molecule has 2 aromatic heterocycles. The Morgan fingerprint density at radius 1 is 1.29 bits per heavy atom. The normalized spacial score (nSPS) is 10.5. The van der Waals surface area contributed by atoms with Crippen LogP contribution in [-0.2, 0) is 6.54 Å². The topological polar surface area (TPSA) is 51.2 Å². The number of carbonyl (C=O) groups excluding carboxylic acids is 1. The van der Waals surface area contributed by atoms with Crippen molar-refractivity contribution >= 4 is 27.5 Å². The summed E-state index contributed by atoms with van der Waals surface area (Å²) in [6.45, 7) is 4.73. The SMILES string of the molecule is C=CCCOc1cccc(CNC(=O)c2cc3cccnc3s2)c1. The number of hydrogen-bond donors (Lipinski definition) is 1. The minimum Gasteiger partial charge on any atom is -0.493 e. The fourth-order valence-electron chi connectivity index (χ4n) is 2.26. The number of thiophene rings is 1. The molecule has 0 unspecified atom stereocenters. The summed E-state index contributed by atoms with van der Waals surface area (Å²) < 4.78 is 5.63. The number of amides is 1. The lowest BCUT2D eigenvalue weighted by molar-refractivity contribution is 0.0955. The van der Waals surface area contributed by atoms with Gasteiger partial charge >= 0.3 is 0 Å². The molecule has 0 saturated heterocycles. The molecule has 0 aliphatic carbocycles. The van der Waals surface area contributed by atoms with Crippen molar-refractivity contribution in [2.75, 3.05) is 6.61 Å². The summed E-state index contributed by atoms with van der Waals surface area (Å²) in [5, 5.41) is 3.93. The van der Waals surface area contributed by atoms with Gasteiger partial charge in [-0.2, -0.15) is 0 Å². The molecule has 0 aliphatic heterocycles. The number of ether oxygens (including phenoxy) is 1. The zero-order chi connectivity index (χ0) is 16.8. The van der Waals surface area contributed by atoms with Crippen LogP contribution in [0.25, 0.3) is 10.2 Å². The lowest BCUT2D eigenvalue weighted by atomic mass is 10.2. The third-order valence-corrected chi connectivity index (χ3v) is 4.52. The first-order chi connectivity index (χ1) is 11.8. The first-order valence-electron chi connectivity index (χ1n) is 7.71. The minimum absolute atomic E-state index is 0.0871. The molecule has 0 aliphatic rings. The molecule has 2 heterocycles. The summed E-state index contributed by atoms with van der Waals surface area (Å²) in [6, 6.07) is 13.4. The molecule has 4 nitrogen and oxygen atoms in total. The fourth-order valence-corrected chi connectivity index (χ4v) is 3.18. The van der Waals surface area contributed by atoms with Crippen molar-refractivity contribution in [2.45, 2.75) is 13.0 Å². The predicted molar refractivity (Wildman–Crippen MR) is 97.5 cm³/mol. The molecule has 0 spiro atoms. The van der Waals surface area contributed by atoms with Crippen LogP contribution in [0.15, 0.2) is 61.3 Å². The first-order valence-corrected chi connectivity index (χ1v) is 8.53. The molecule has 0 atom stereocenters. The molecule has 5 heteroatoms. The van der Waals surface area contributed by atoms with Crippen molar-refractivity contribution in [2.24, 2.45) is 0 Å².